The van der Waals surface area contributed by atoms with Gasteiger partial charge in [-0.3, -0.25) is 9.89 Å². The largest absolute Gasteiger partial charge is 0.382 e. The van der Waals surface area contributed by atoms with Gasteiger partial charge in [0.25, 0.3) is 5.91 Å². The Hall–Kier alpha value is -3.07. The number of primary amides is 1. The highest BCUT2D eigenvalue weighted by molar-refractivity contribution is 6.00. The van der Waals surface area contributed by atoms with Crippen LogP contribution >= 0.6 is 0 Å². The molecule has 2 rings (SSSR count). The number of hydrogen-bond donors (Lipinski definition) is 3. The number of hydrogen-bond acceptors (Lipinski definition) is 4. The van der Waals surface area contributed by atoms with Crippen molar-refractivity contribution < 1.29 is 4.79 Å². The maximum Gasteiger partial charge on any atom is 0.259 e. The van der Waals surface area contributed by atoms with Crippen molar-refractivity contribution >= 4 is 17.8 Å². The predicted molar refractivity (Wildman–Crippen MR) is 71.2 cm³/mol. The Balaban J connectivity index is 2.40. The number of nitrogens with zero attached hydrogens (tertiary/aromatic N) is 2. The van der Waals surface area contributed by atoms with Gasteiger partial charge in [0.15, 0.2) is 0 Å². The topological polar surface area (TPSA) is 122 Å². The molecule has 0 bridgehead atoms. The molecule has 5 N–H and O–H groups in total. The number of rotatable bonds is 3. The van der Waals surface area contributed by atoms with Crippen LogP contribution in [0, 0.1) is 11.3 Å². The van der Waals surface area contributed by atoms with Gasteiger partial charge in [-0.25, -0.2) is 0 Å². The summed E-state index contributed by atoms with van der Waals surface area (Å²) in [7, 11) is 0. The smallest absolute Gasteiger partial charge is 0.259 e. The molecule has 0 fully saturated rings. The Morgan fingerprint density at radius 3 is 2.79 bits per heavy atom. The van der Waals surface area contributed by atoms with Crippen molar-refractivity contribution in [1.29, 1.82) is 5.26 Å². The summed E-state index contributed by atoms with van der Waals surface area (Å²) >= 11 is 0. The van der Waals surface area contributed by atoms with Gasteiger partial charge in [-0.05, 0) is 17.7 Å². The third-order valence-electron chi connectivity index (χ3n) is 2.49. The lowest BCUT2D eigenvalue weighted by Gasteiger charge is -2.00. The highest BCUT2D eigenvalue weighted by atomic mass is 16.1. The first-order valence-corrected chi connectivity index (χ1v) is 5.43. The Morgan fingerprint density at radius 2 is 2.21 bits per heavy atom. The average molecular weight is 253 g/mol. The fraction of sp³-hybridized carbons (Fsp3) is 0. The molecule has 1 amide bonds. The Morgan fingerprint density at radius 1 is 1.42 bits per heavy atom. The number of H-pyrrole nitrogens is 1. The summed E-state index contributed by atoms with van der Waals surface area (Å²) in [5.41, 5.74) is 12.8. The zero-order valence-electron chi connectivity index (χ0n) is 9.92. The zero-order valence-corrected chi connectivity index (χ0v) is 9.92. The summed E-state index contributed by atoms with van der Waals surface area (Å²) in [5.74, 6) is -0.357. The van der Waals surface area contributed by atoms with Crippen LogP contribution in [0.2, 0.25) is 0 Å². The minimum Gasteiger partial charge on any atom is -0.382 e. The van der Waals surface area contributed by atoms with Gasteiger partial charge in [0.2, 0.25) is 0 Å². The van der Waals surface area contributed by atoms with Crippen LogP contribution in [0.3, 0.4) is 0 Å². The lowest BCUT2D eigenvalue weighted by atomic mass is 10.1. The van der Waals surface area contributed by atoms with Gasteiger partial charge in [0.1, 0.15) is 17.5 Å². The molecule has 1 aromatic heterocycles. The van der Waals surface area contributed by atoms with Crippen LogP contribution in [0.5, 0.6) is 0 Å². The van der Waals surface area contributed by atoms with E-state index in [-0.39, 0.29) is 5.57 Å². The quantitative estimate of drug-likeness (QED) is 0.559. The van der Waals surface area contributed by atoms with E-state index in [1.807, 2.05) is 6.07 Å². The van der Waals surface area contributed by atoms with Crippen LogP contribution in [-0.2, 0) is 4.79 Å². The molecule has 0 saturated heterocycles. The first-order valence-electron chi connectivity index (χ1n) is 5.43. The number of amides is 1. The first kappa shape index (κ1) is 12.4. The van der Waals surface area contributed by atoms with E-state index in [1.165, 1.54) is 6.08 Å². The summed E-state index contributed by atoms with van der Waals surface area (Å²) in [6.07, 6.45) is 1.44. The Bertz CT molecular complexity index is 693. The minimum absolute atomic E-state index is 0.0960. The lowest BCUT2D eigenvalue weighted by molar-refractivity contribution is -0.114. The number of carbonyl (C=O) groups excluding carboxylic acids is 1. The van der Waals surface area contributed by atoms with Crippen LogP contribution in [0.25, 0.3) is 17.3 Å². The molecule has 0 aliphatic heterocycles. The molecular weight excluding hydrogens is 242 g/mol. The summed E-state index contributed by atoms with van der Waals surface area (Å²) in [6.45, 7) is 0. The number of nitrogen functional groups attached to an aromatic ring is 1. The Labute approximate surface area is 109 Å². The van der Waals surface area contributed by atoms with Crippen molar-refractivity contribution in [3.05, 3.63) is 41.5 Å². The van der Waals surface area contributed by atoms with Crippen LogP contribution in [0.15, 0.2) is 35.9 Å². The molecule has 0 saturated carbocycles. The third-order valence-corrected chi connectivity index (χ3v) is 2.49. The molecule has 0 radical (unpaired) electrons. The van der Waals surface area contributed by atoms with E-state index in [0.717, 1.165) is 11.3 Å². The number of carbonyl (C=O) groups is 1. The van der Waals surface area contributed by atoms with E-state index in [1.54, 1.807) is 30.3 Å². The zero-order chi connectivity index (χ0) is 13.8. The molecule has 94 valence electrons. The van der Waals surface area contributed by atoms with Crippen LogP contribution in [-0.4, -0.2) is 16.1 Å². The Kier molecular flexibility index (Phi) is 3.30. The van der Waals surface area contributed by atoms with Crippen molar-refractivity contribution in [1.82, 2.24) is 10.2 Å². The monoisotopic (exact) mass is 253 g/mol. The number of aromatic nitrogens is 2. The number of anilines is 1. The molecule has 2 aromatic rings. The molecule has 0 unspecified atom stereocenters. The number of benzene rings is 1. The maximum absolute atomic E-state index is 11.0. The summed E-state index contributed by atoms with van der Waals surface area (Å²) < 4.78 is 0. The van der Waals surface area contributed by atoms with Crippen LogP contribution in [0.1, 0.15) is 5.56 Å². The van der Waals surface area contributed by atoms with Crippen molar-refractivity contribution in [2.45, 2.75) is 0 Å². The molecule has 1 aromatic carbocycles. The van der Waals surface area contributed by atoms with Gasteiger partial charge < -0.3 is 11.5 Å². The highest BCUT2D eigenvalue weighted by Gasteiger charge is 2.05. The van der Waals surface area contributed by atoms with Gasteiger partial charge in [-0.2, -0.15) is 10.4 Å². The minimum atomic E-state index is -0.751. The fourth-order valence-corrected chi connectivity index (χ4v) is 1.61. The fourth-order valence-electron chi connectivity index (χ4n) is 1.61. The molecule has 0 aliphatic carbocycles. The predicted octanol–water partition coefficient (Wildman–Crippen LogP) is 1.05. The third kappa shape index (κ3) is 2.79. The number of nitriles is 1. The standard InChI is InChI=1S/C13H11N5O/c14-7-10(13(16)19)5-8-2-1-3-9(4-8)11-6-12(15)18-17-11/h1-6H,(H2,16,19)(H3,15,17,18)/b10-5+. The lowest BCUT2D eigenvalue weighted by Crippen LogP contribution is -2.12. The van der Waals surface area contributed by atoms with Crippen molar-refractivity contribution in [3.63, 3.8) is 0 Å². The summed E-state index contributed by atoms with van der Waals surface area (Å²) in [6, 6.07) is 10.7. The second-order valence-corrected chi connectivity index (χ2v) is 3.87. The van der Waals surface area contributed by atoms with Gasteiger partial charge in [-0.15, -0.1) is 0 Å². The van der Waals surface area contributed by atoms with Crippen molar-refractivity contribution in [2.75, 3.05) is 5.73 Å². The normalized spacial score (nSPS) is 11.0. The second kappa shape index (κ2) is 5.06. The van der Waals surface area contributed by atoms with Gasteiger partial charge in [-0.1, -0.05) is 18.2 Å². The van der Waals surface area contributed by atoms with E-state index in [9.17, 15) is 4.79 Å². The molecular formula is C13H11N5O. The molecule has 0 aliphatic rings. The first-order chi connectivity index (χ1) is 9.10. The van der Waals surface area contributed by atoms with Crippen molar-refractivity contribution in [2.24, 2.45) is 5.73 Å². The van der Waals surface area contributed by atoms with Gasteiger partial charge in [0, 0.05) is 11.6 Å². The summed E-state index contributed by atoms with van der Waals surface area (Å²) in [5, 5.41) is 15.4. The van der Waals surface area contributed by atoms with E-state index in [0.29, 0.717) is 11.4 Å². The number of aromatic amines is 1. The molecule has 1 heterocycles. The molecule has 6 nitrogen and oxygen atoms in total. The van der Waals surface area contributed by atoms with Gasteiger partial charge >= 0.3 is 0 Å². The van der Waals surface area contributed by atoms with E-state index < -0.39 is 5.91 Å². The van der Waals surface area contributed by atoms with E-state index in [2.05, 4.69) is 10.2 Å². The second-order valence-electron chi connectivity index (χ2n) is 3.87. The van der Waals surface area contributed by atoms with E-state index >= 15 is 0 Å². The number of nitrogens with one attached hydrogen (secondary N) is 1. The highest BCUT2D eigenvalue weighted by Crippen LogP contribution is 2.20. The SMILES string of the molecule is N#C/C(=C\c1cccc(-c2cc(N)n[nH]2)c1)C(N)=O. The number of nitrogens with two attached hydrogens (primary N) is 2. The molecule has 0 spiro atoms. The van der Waals surface area contributed by atoms with Crippen LogP contribution < -0.4 is 11.5 Å². The van der Waals surface area contributed by atoms with Gasteiger partial charge in [0.05, 0.1) is 5.69 Å². The van der Waals surface area contributed by atoms with Crippen LogP contribution in [0.4, 0.5) is 5.82 Å². The van der Waals surface area contributed by atoms with Crippen molar-refractivity contribution in [3.8, 4) is 17.3 Å². The molecule has 19 heavy (non-hydrogen) atoms. The van der Waals surface area contributed by atoms with E-state index in [4.69, 9.17) is 16.7 Å². The average Bonchev–Trinajstić information content (AvgIpc) is 2.82. The molecule has 0 atom stereocenters. The maximum atomic E-state index is 11.0. The molecule has 6 heteroatoms. The summed E-state index contributed by atoms with van der Waals surface area (Å²) in [4.78, 5) is 11.0.